The molecule has 3 nitrogen and oxygen atoms in total. The molecule has 0 saturated heterocycles. The first kappa shape index (κ1) is 9.71. The van der Waals surface area contributed by atoms with Gasteiger partial charge in [0.25, 0.3) is 0 Å². The van der Waals surface area contributed by atoms with Gasteiger partial charge in [-0.25, -0.2) is 0 Å². The highest BCUT2D eigenvalue weighted by Gasteiger charge is 2.21. The highest BCUT2D eigenvalue weighted by molar-refractivity contribution is 5.66. The van der Waals surface area contributed by atoms with Crippen LogP contribution < -0.4 is 4.74 Å². The van der Waals surface area contributed by atoms with E-state index in [4.69, 9.17) is 4.74 Å². The summed E-state index contributed by atoms with van der Waals surface area (Å²) in [6.45, 7) is 3.64. The summed E-state index contributed by atoms with van der Waals surface area (Å²) in [5, 5.41) is 0. The Morgan fingerprint density at radius 1 is 1.54 bits per heavy atom. The highest BCUT2D eigenvalue weighted by Crippen LogP contribution is 2.21. The van der Waals surface area contributed by atoms with Crippen LogP contribution in [-0.2, 0) is 10.2 Å². The van der Waals surface area contributed by atoms with Crippen LogP contribution in [0.25, 0.3) is 0 Å². The Morgan fingerprint density at radius 3 is 2.77 bits per heavy atom. The van der Waals surface area contributed by atoms with Gasteiger partial charge in [0.15, 0.2) is 0 Å². The normalized spacial score (nSPS) is 11.0. The molecule has 1 heterocycles. The maximum Gasteiger partial charge on any atom is 0.131 e. The van der Waals surface area contributed by atoms with Crippen LogP contribution in [0.2, 0.25) is 0 Å². The van der Waals surface area contributed by atoms with E-state index in [1.165, 1.54) is 0 Å². The summed E-state index contributed by atoms with van der Waals surface area (Å²) in [4.78, 5) is 14.9. The molecule has 1 aromatic rings. The number of aldehydes is 1. The van der Waals surface area contributed by atoms with Crippen molar-refractivity contribution in [2.45, 2.75) is 19.3 Å². The van der Waals surface area contributed by atoms with E-state index in [1.54, 1.807) is 25.4 Å². The molecule has 70 valence electrons. The van der Waals surface area contributed by atoms with Crippen LogP contribution >= 0.6 is 0 Å². The minimum atomic E-state index is -0.547. The third-order valence-corrected chi connectivity index (χ3v) is 1.92. The zero-order valence-electron chi connectivity index (χ0n) is 8.07. The predicted octanol–water partition coefficient (Wildman–Crippen LogP) is 1.57. The van der Waals surface area contributed by atoms with Gasteiger partial charge in [-0.05, 0) is 19.9 Å². The first-order valence-corrected chi connectivity index (χ1v) is 4.07. The fraction of sp³-hybridized carbons (Fsp3) is 0.400. The second-order valence-corrected chi connectivity index (χ2v) is 3.42. The maximum absolute atomic E-state index is 10.7. The van der Waals surface area contributed by atoms with E-state index in [1.807, 2.05) is 13.8 Å². The Kier molecular flexibility index (Phi) is 2.66. The number of carbonyl (C=O) groups excluding carboxylic acids is 1. The van der Waals surface area contributed by atoms with E-state index in [0.717, 1.165) is 17.7 Å². The molecule has 0 atom stereocenters. The van der Waals surface area contributed by atoms with Gasteiger partial charge in [0.2, 0.25) is 0 Å². The molecule has 0 aliphatic rings. The van der Waals surface area contributed by atoms with Crippen molar-refractivity contribution in [3.63, 3.8) is 0 Å². The molecule has 0 bridgehead atoms. The lowest BCUT2D eigenvalue weighted by atomic mass is 9.91. The predicted molar refractivity (Wildman–Crippen MR) is 49.9 cm³/mol. The molecule has 0 radical (unpaired) electrons. The Morgan fingerprint density at radius 2 is 2.23 bits per heavy atom. The monoisotopic (exact) mass is 179 g/mol. The van der Waals surface area contributed by atoms with Gasteiger partial charge in [-0.3, -0.25) is 4.98 Å². The summed E-state index contributed by atoms with van der Waals surface area (Å²) in [5.74, 6) is 0.722. The number of ether oxygens (including phenoxy) is 1. The molecule has 0 spiro atoms. The van der Waals surface area contributed by atoms with E-state index in [0.29, 0.717) is 0 Å². The molecule has 0 N–H and O–H groups in total. The minimum Gasteiger partial charge on any atom is -0.497 e. The van der Waals surface area contributed by atoms with Crippen molar-refractivity contribution in [2.75, 3.05) is 7.11 Å². The Bertz CT molecular complexity index is 308. The third-order valence-electron chi connectivity index (χ3n) is 1.92. The van der Waals surface area contributed by atoms with Crippen molar-refractivity contribution in [3.05, 3.63) is 24.0 Å². The Balaban J connectivity index is 3.08. The van der Waals surface area contributed by atoms with Gasteiger partial charge in [-0.15, -0.1) is 0 Å². The summed E-state index contributed by atoms with van der Waals surface area (Å²) in [6, 6.07) is 3.53. The maximum atomic E-state index is 10.7. The minimum absolute atomic E-state index is 0.547. The lowest BCUT2D eigenvalue weighted by Crippen LogP contribution is -2.20. The number of pyridine rings is 1. The highest BCUT2D eigenvalue weighted by atomic mass is 16.5. The van der Waals surface area contributed by atoms with Crippen molar-refractivity contribution >= 4 is 6.29 Å². The van der Waals surface area contributed by atoms with E-state index >= 15 is 0 Å². The van der Waals surface area contributed by atoms with Crippen molar-refractivity contribution in [1.82, 2.24) is 4.98 Å². The first-order valence-electron chi connectivity index (χ1n) is 4.07. The van der Waals surface area contributed by atoms with E-state index in [-0.39, 0.29) is 0 Å². The number of methoxy groups -OCH3 is 1. The van der Waals surface area contributed by atoms with Crippen LogP contribution in [0.4, 0.5) is 0 Å². The summed E-state index contributed by atoms with van der Waals surface area (Å²) in [6.07, 6.45) is 2.52. The van der Waals surface area contributed by atoms with Crippen molar-refractivity contribution in [2.24, 2.45) is 0 Å². The van der Waals surface area contributed by atoms with Crippen LogP contribution in [0, 0.1) is 0 Å². The fourth-order valence-corrected chi connectivity index (χ4v) is 0.951. The van der Waals surface area contributed by atoms with Crippen LogP contribution in [-0.4, -0.2) is 18.4 Å². The molecule has 1 aromatic heterocycles. The quantitative estimate of drug-likeness (QED) is 0.661. The van der Waals surface area contributed by atoms with Gasteiger partial charge in [0.05, 0.1) is 18.2 Å². The largest absolute Gasteiger partial charge is 0.497 e. The van der Waals surface area contributed by atoms with Crippen molar-refractivity contribution < 1.29 is 9.53 Å². The number of aromatic nitrogens is 1. The van der Waals surface area contributed by atoms with E-state index < -0.39 is 5.41 Å². The molecule has 0 fully saturated rings. The van der Waals surface area contributed by atoms with Crippen LogP contribution in [0.5, 0.6) is 5.75 Å². The van der Waals surface area contributed by atoms with E-state index in [9.17, 15) is 4.79 Å². The summed E-state index contributed by atoms with van der Waals surface area (Å²) < 4.78 is 5.04. The third kappa shape index (κ3) is 2.05. The molecule has 0 amide bonds. The van der Waals surface area contributed by atoms with Gasteiger partial charge >= 0.3 is 0 Å². The summed E-state index contributed by atoms with van der Waals surface area (Å²) in [7, 11) is 1.59. The standard InChI is InChI=1S/C10H13NO2/c1-10(2,7-12)9-6-8(13-3)4-5-11-9/h4-7H,1-3H3. The molecule has 13 heavy (non-hydrogen) atoms. The molecule has 0 aliphatic heterocycles. The van der Waals surface area contributed by atoms with Gasteiger partial charge in [0, 0.05) is 12.3 Å². The van der Waals surface area contributed by atoms with Crippen molar-refractivity contribution in [1.29, 1.82) is 0 Å². The molecule has 0 unspecified atom stereocenters. The van der Waals surface area contributed by atoms with Crippen molar-refractivity contribution in [3.8, 4) is 5.75 Å². The fourth-order valence-electron chi connectivity index (χ4n) is 0.951. The number of carbonyl (C=O) groups is 1. The van der Waals surface area contributed by atoms with Gasteiger partial charge in [-0.1, -0.05) is 0 Å². The smallest absolute Gasteiger partial charge is 0.131 e. The van der Waals surface area contributed by atoms with Gasteiger partial charge in [0.1, 0.15) is 12.0 Å². The number of rotatable bonds is 3. The number of hydrogen-bond donors (Lipinski definition) is 0. The lowest BCUT2D eigenvalue weighted by Gasteiger charge is -2.16. The average molecular weight is 179 g/mol. The molecule has 0 saturated carbocycles. The molecule has 3 heteroatoms. The zero-order valence-corrected chi connectivity index (χ0v) is 8.07. The number of nitrogens with zero attached hydrogens (tertiary/aromatic N) is 1. The Hall–Kier alpha value is -1.38. The summed E-state index contributed by atoms with van der Waals surface area (Å²) >= 11 is 0. The van der Waals surface area contributed by atoms with Crippen LogP contribution in [0.1, 0.15) is 19.5 Å². The molecule has 1 rings (SSSR count). The second-order valence-electron chi connectivity index (χ2n) is 3.42. The topological polar surface area (TPSA) is 39.2 Å². The van der Waals surface area contributed by atoms with Gasteiger partial charge < -0.3 is 9.53 Å². The lowest BCUT2D eigenvalue weighted by molar-refractivity contribution is -0.111. The molecule has 0 aliphatic carbocycles. The molecular weight excluding hydrogens is 166 g/mol. The first-order chi connectivity index (χ1) is 6.10. The van der Waals surface area contributed by atoms with Gasteiger partial charge in [-0.2, -0.15) is 0 Å². The zero-order chi connectivity index (χ0) is 9.90. The van der Waals surface area contributed by atoms with E-state index in [2.05, 4.69) is 4.98 Å². The van der Waals surface area contributed by atoms with Crippen LogP contribution in [0.15, 0.2) is 18.3 Å². The number of hydrogen-bond acceptors (Lipinski definition) is 3. The second kappa shape index (κ2) is 3.56. The Labute approximate surface area is 77.8 Å². The average Bonchev–Trinajstić information content (AvgIpc) is 2.18. The van der Waals surface area contributed by atoms with Crippen LogP contribution in [0.3, 0.4) is 0 Å². The molecular formula is C10H13NO2. The summed E-state index contributed by atoms with van der Waals surface area (Å²) in [5.41, 5.74) is 0.177. The SMILES string of the molecule is COc1ccnc(C(C)(C)C=O)c1. The molecule has 0 aromatic carbocycles.